The highest BCUT2D eigenvalue weighted by atomic mass is 32.2. The molecule has 0 bridgehead atoms. The third-order valence-electron chi connectivity index (χ3n) is 3.00. The molecule has 0 aliphatic carbocycles. The van der Waals surface area contributed by atoms with Gasteiger partial charge in [0, 0.05) is 42.5 Å². The van der Waals surface area contributed by atoms with Gasteiger partial charge in [0.25, 0.3) is 5.56 Å². The Morgan fingerprint density at radius 1 is 1.35 bits per heavy atom. The molecule has 3 rings (SSSR count). The predicted octanol–water partition coefficient (Wildman–Crippen LogP) is 1.31. The highest BCUT2D eigenvalue weighted by Gasteiger charge is 2.26. The fourth-order valence-corrected chi connectivity index (χ4v) is 3.22. The van der Waals surface area contributed by atoms with E-state index < -0.39 is 0 Å². The summed E-state index contributed by atoms with van der Waals surface area (Å²) < 4.78 is 1.59. The van der Waals surface area contributed by atoms with E-state index in [2.05, 4.69) is 15.3 Å². The zero-order valence-corrected chi connectivity index (χ0v) is 11.3. The van der Waals surface area contributed by atoms with Crippen molar-refractivity contribution in [3.63, 3.8) is 0 Å². The quantitative estimate of drug-likeness (QED) is 0.862. The van der Waals surface area contributed by atoms with Crippen LogP contribution in [0.15, 0.2) is 46.7 Å². The van der Waals surface area contributed by atoms with Gasteiger partial charge >= 0.3 is 0 Å². The first-order valence-electron chi connectivity index (χ1n) is 6.14. The number of nitrogens with one attached hydrogen (secondary N) is 1. The number of fused-ring (bicyclic) bond motifs is 1. The number of pyridine rings is 1. The first kappa shape index (κ1) is 12.9. The molecule has 0 spiro atoms. The van der Waals surface area contributed by atoms with Crippen molar-refractivity contribution >= 4 is 23.4 Å². The van der Waals surface area contributed by atoms with Crippen LogP contribution in [-0.2, 0) is 4.79 Å². The number of aromatic nitrogens is 3. The number of rotatable bonds is 3. The van der Waals surface area contributed by atoms with Crippen LogP contribution in [-0.4, -0.2) is 26.2 Å². The predicted molar refractivity (Wildman–Crippen MR) is 75.7 cm³/mol. The van der Waals surface area contributed by atoms with Crippen LogP contribution >= 0.6 is 11.8 Å². The van der Waals surface area contributed by atoms with Crippen LogP contribution in [0, 0.1) is 0 Å². The second-order valence-corrected chi connectivity index (χ2v) is 5.38. The zero-order chi connectivity index (χ0) is 13.9. The van der Waals surface area contributed by atoms with Gasteiger partial charge < -0.3 is 5.32 Å². The minimum Gasteiger partial charge on any atom is -0.326 e. The summed E-state index contributed by atoms with van der Waals surface area (Å²) in [4.78, 5) is 31.9. The van der Waals surface area contributed by atoms with E-state index in [4.69, 9.17) is 0 Å². The summed E-state index contributed by atoms with van der Waals surface area (Å²) in [6, 6.07) is 4.73. The van der Waals surface area contributed by atoms with Gasteiger partial charge in [-0.3, -0.25) is 19.1 Å². The summed E-state index contributed by atoms with van der Waals surface area (Å²) in [6.45, 7) is 0. The largest absolute Gasteiger partial charge is 0.326 e. The van der Waals surface area contributed by atoms with E-state index in [9.17, 15) is 9.59 Å². The molecule has 20 heavy (non-hydrogen) atoms. The van der Waals surface area contributed by atoms with Crippen molar-refractivity contribution in [1.82, 2.24) is 14.5 Å². The third-order valence-corrected chi connectivity index (χ3v) is 4.11. The van der Waals surface area contributed by atoms with Crippen LogP contribution in [0.25, 0.3) is 0 Å². The van der Waals surface area contributed by atoms with E-state index in [1.54, 1.807) is 29.1 Å². The molecule has 2 aromatic heterocycles. The molecule has 0 radical (unpaired) electrons. The highest BCUT2D eigenvalue weighted by molar-refractivity contribution is 7.99. The van der Waals surface area contributed by atoms with E-state index in [-0.39, 0.29) is 23.9 Å². The Labute approximate surface area is 119 Å². The van der Waals surface area contributed by atoms with Gasteiger partial charge in [0.15, 0.2) is 5.16 Å². The molecule has 1 aliphatic rings. The van der Waals surface area contributed by atoms with Crippen LogP contribution in [0.4, 0.5) is 5.69 Å². The molecule has 1 atom stereocenters. The van der Waals surface area contributed by atoms with Crippen molar-refractivity contribution in [3.8, 4) is 0 Å². The SMILES string of the molecule is O=C(CC1CSc2nccc(=O)n21)Nc1ccncc1. The average Bonchev–Trinajstić information content (AvgIpc) is 2.84. The summed E-state index contributed by atoms with van der Waals surface area (Å²) >= 11 is 1.50. The van der Waals surface area contributed by atoms with Gasteiger partial charge in [-0.15, -0.1) is 0 Å². The standard InChI is InChI=1S/C13H12N4O2S/c18-11(16-9-1-4-14-5-2-9)7-10-8-20-13-15-6-3-12(19)17(10)13/h1-6,10H,7-8H2,(H,14,16,18). The topological polar surface area (TPSA) is 76.9 Å². The molecule has 7 heteroatoms. The van der Waals surface area contributed by atoms with Crippen LogP contribution < -0.4 is 10.9 Å². The maximum atomic E-state index is 12.0. The number of hydrogen-bond acceptors (Lipinski definition) is 5. The molecular formula is C13H12N4O2S. The lowest BCUT2D eigenvalue weighted by Crippen LogP contribution is -2.26. The maximum absolute atomic E-state index is 12.0. The van der Waals surface area contributed by atoms with E-state index >= 15 is 0 Å². The lowest BCUT2D eigenvalue weighted by atomic mass is 10.2. The number of carbonyl (C=O) groups is 1. The monoisotopic (exact) mass is 288 g/mol. The zero-order valence-electron chi connectivity index (χ0n) is 10.5. The van der Waals surface area contributed by atoms with Crippen LogP contribution in [0.1, 0.15) is 12.5 Å². The van der Waals surface area contributed by atoms with Gasteiger partial charge in [-0.1, -0.05) is 11.8 Å². The van der Waals surface area contributed by atoms with Crippen molar-refractivity contribution in [1.29, 1.82) is 0 Å². The number of thioether (sulfide) groups is 1. The molecule has 0 saturated heterocycles. The van der Waals surface area contributed by atoms with Gasteiger partial charge in [-0.2, -0.15) is 0 Å². The average molecular weight is 288 g/mol. The van der Waals surface area contributed by atoms with Gasteiger partial charge in [-0.05, 0) is 12.1 Å². The summed E-state index contributed by atoms with van der Waals surface area (Å²) in [5.74, 6) is 0.570. The van der Waals surface area contributed by atoms with Crippen molar-refractivity contribution in [2.75, 3.05) is 11.1 Å². The second-order valence-electron chi connectivity index (χ2n) is 4.39. The van der Waals surface area contributed by atoms with Crippen LogP contribution in [0.2, 0.25) is 0 Å². The molecule has 1 unspecified atom stereocenters. The van der Waals surface area contributed by atoms with E-state index in [0.717, 1.165) is 0 Å². The van der Waals surface area contributed by atoms with Gasteiger partial charge in [0.05, 0.1) is 6.04 Å². The fourth-order valence-electron chi connectivity index (χ4n) is 2.10. The summed E-state index contributed by atoms with van der Waals surface area (Å²) in [6.07, 6.45) is 4.99. The fraction of sp³-hybridized carbons (Fsp3) is 0.231. The summed E-state index contributed by atoms with van der Waals surface area (Å²) in [5, 5.41) is 3.47. The van der Waals surface area contributed by atoms with Crippen LogP contribution in [0.3, 0.4) is 0 Å². The minimum atomic E-state index is -0.141. The molecule has 2 aromatic rings. The third kappa shape index (κ3) is 2.57. The van der Waals surface area contributed by atoms with Crippen molar-refractivity contribution in [2.24, 2.45) is 0 Å². The van der Waals surface area contributed by atoms with Crippen molar-refractivity contribution < 1.29 is 4.79 Å². The Kier molecular flexibility index (Phi) is 3.51. The Bertz CT molecular complexity index is 686. The Morgan fingerprint density at radius 2 is 2.15 bits per heavy atom. The Hall–Kier alpha value is -2.15. The molecule has 1 amide bonds. The molecule has 0 aromatic carbocycles. The number of nitrogens with zero attached hydrogens (tertiary/aromatic N) is 3. The minimum absolute atomic E-state index is 0.110. The molecule has 3 heterocycles. The molecule has 0 fully saturated rings. The molecule has 0 saturated carbocycles. The maximum Gasteiger partial charge on any atom is 0.254 e. The van der Waals surface area contributed by atoms with E-state index in [1.165, 1.54) is 24.0 Å². The second kappa shape index (κ2) is 5.46. The number of carbonyl (C=O) groups excluding carboxylic acids is 1. The number of amides is 1. The molecule has 6 nitrogen and oxygen atoms in total. The summed E-state index contributed by atoms with van der Waals surface area (Å²) in [5.41, 5.74) is 0.594. The van der Waals surface area contributed by atoms with Gasteiger partial charge in [-0.25, -0.2) is 4.98 Å². The van der Waals surface area contributed by atoms with Crippen LogP contribution in [0.5, 0.6) is 0 Å². The van der Waals surface area contributed by atoms with Gasteiger partial charge in [0.1, 0.15) is 0 Å². The summed E-state index contributed by atoms with van der Waals surface area (Å²) in [7, 11) is 0. The van der Waals surface area contributed by atoms with Crippen molar-refractivity contribution in [2.45, 2.75) is 17.6 Å². The molecule has 1 aliphatic heterocycles. The lowest BCUT2D eigenvalue weighted by molar-refractivity contribution is -0.116. The highest BCUT2D eigenvalue weighted by Crippen LogP contribution is 2.31. The molecular weight excluding hydrogens is 276 g/mol. The smallest absolute Gasteiger partial charge is 0.254 e. The molecule has 1 N–H and O–H groups in total. The normalized spacial score (nSPS) is 16.7. The lowest BCUT2D eigenvalue weighted by Gasteiger charge is -2.12. The first-order valence-corrected chi connectivity index (χ1v) is 7.13. The molecule has 102 valence electrons. The van der Waals surface area contributed by atoms with Gasteiger partial charge in [0.2, 0.25) is 5.91 Å². The Morgan fingerprint density at radius 3 is 2.95 bits per heavy atom. The number of hydrogen-bond donors (Lipinski definition) is 1. The van der Waals surface area contributed by atoms with E-state index in [0.29, 0.717) is 16.6 Å². The Balaban J connectivity index is 1.72. The first-order chi connectivity index (χ1) is 9.74. The number of anilines is 1. The van der Waals surface area contributed by atoms with E-state index in [1.807, 2.05) is 0 Å². The van der Waals surface area contributed by atoms with Crippen molar-refractivity contribution in [3.05, 3.63) is 47.1 Å².